The number of aryl methyl sites for hydroxylation is 2. The van der Waals surface area contributed by atoms with E-state index in [0.717, 1.165) is 22.4 Å². The van der Waals surface area contributed by atoms with Crippen LogP contribution < -0.4 is 11.1 Å². The zero-order valence-corrected chi connectivity index (χ0v) is 11.2. The van der Waals surface area contributed by atoms with Gasteiger partial charge in [0.15, 0.2) is 0 Å². The molecule has 0 aliphatic heterocycles. The van der Waals surface area contributed by atoms with Crippen molar-refractivity contribution in [1.82, 2.24) is 0 Å². The molecule has 0 saturated carbocycles. The van der Waals surface area contributed by atoms with Crippen molar-refractivity contribution >= 4 is 11.6 Å². The van der Waals surface area contributed by atoms with Gasteiger partial charge in [-0.05, 0) is 37.1 Å². The van der Waals surface area contributed by atoms with E-state index in [-0.39, 0.29) is 5.91 Å². The van der Waals surface area contributed by atoms with E-state index in [9.17, 15) is 4.79 Å². The Kier molecular flexibility index (Phi) is 3.85. The molecule has 0 bridgehead atoms. The molecule has 0 saturated heterocycles. The molecule has 2 aromatic carbocycles. The molecule has 0 spiro atoms. The summed E-state index contributed by atoms with van der Waals surface area (Å²) >= 11 is 0. The summed E-state index contributed by atoms with van der Waals surface area (Å²) in [5, 5.41) is 3.18. The van der Waals surface area contributed by atoms with Crippen LogP contribution in [-0.2, 0) is 4.79 Å². The van der Waals surface area contributed by atoms with Crippen LogP contribution in [0.4, 0.5) is 5.69 Å². The molecule has 0 radical (unpaired) electrons. The van der Waals surface area contributed by atoms with E-state index in [4.69, 9.17) is 5.73 Å². The largest absolute Gasteiger partial charge is 0.370 e. The Bertz CT molecular complexity index is 576. The normalized spacial score (nSPS) is 11.9. The highest BCUT2D eigenvalue weighted by Gasteiger charge is 2.17. The maximum Gasteiger partial charge on any atom is 0.244 e. The fourth-order valence-corrected chi connectivity index (χ4v) is 1.98. The molecule has 3 heteroatoms. The van der Waals surface area contributed by atoms with Gasteiger partial charge >= 0.3 is 0 Å². The molecule has 1 amide bonds. The molecule has 3 nitrogen and oxygen atoms in total. The van der Waals surface area contributed by atoms with Gasteiger partial charge in [0, 0.05) is 5.69 Å². The molecule has 19 heavy (non-hydrogen) atoms. The zero-order chi connectivity index (χ0) is 13.8. The second-order valence-electron chi connectivity index (χ2n) is 4.76. The van der Waals surface area contributed by atoms with E-state index in [0.29, 0.717) is 0 Å². The second-order valence-corrected chi connectivity index (χ2v) is 4.76. The van der Waals surface area contributed by atoms with Crippen LogP contribution >= 0.6 is 0 Å². The van der Waals surface area contributed by atoms with Crippen LogP contribution in [0.15, 0.2) is 48.5 Å². The first-order valence-corrected chi connectivity index (χ1v) is 6.25. The number of carbonyl (C=O) groups is 1. The van der Waals surface area contributed by atoms with Gasteiger partial charge < -0.3 is 11.1 Å². The predicted molar refractivity (Wildman–Crippen MR) is 77.9 cm³/mol. The van der Waals surface area contributed by atoms with Crippen LogP contribution in [0.25, 0.3) is 0 Å². The topological polar surface area (TPSA) is 55.1 Å². The molecule has 0 heterocycles. The summed E-state index contributed by atoms with van der Waals surface area (Å²) in [7, 11) is 0. The Morgan fingerprint density at radius 3 is 2.32 bits per heavy atom. The van der Waals surface area contributed by atoms with Crippen LogP contribution in [0.5, 0.6) is 0 Å². The quantitative estimate of drug-likeness (QED) is 0.881. The SMILES string of the molecule is Cc1ccc(C(Nc2cccc(C)c2)C(N)=O)cc1. The maximum absolute atomic E-state index is 11.6. The first-order chi connectivity index (χ1) is 9.06. The second kappa shape index (κ2) is 5.57. The van der Waals surface area contributed by atoms with E-state index in [1.807, 2.05) is 62.4 Å². The van der Waals surface area contributed by atoms with Gasteiger partial charge in [-0.25, -0.2) is 0 Å². The van der Waals surface area contributed by atoms with Gasteiger partial charge in [0.1, 0.15) is 6.04 Å². The molecule has 0 aliphatic carbocycles. The van der Waals surface area contributed by atoms with Crippen LogP contribution in [0.1, 0.15) is 22.7 Å². The van der Waals surface area contributed by atoms with E-state index >= 15 is 0 Å². The van der Waals surface area contributed by atoms with E-state index < -0.39 is 6.04 Å². The highest BCUT2D eigenvalue weighted by Crippen LogP contribution is 2.20. The summed E-state index contributed by atoms with van der Waals surface area (Å²) in [5.41, 5.74) is 9.55. The molecule has 1 unspecified atom stereocenters. The van der Waals surface area contributed by atoms with Crippen LogP contribution in [0, 0.1) is 13.8 Å². The number of rotatable bonds is 4. The first kappa shape index (κ1) is 13.1. The number of nitrogens with one attached hydrogen (secondary N) is 1. The maximum atomic E-state index is 11.6. The molecular formula is C16H18N2O. The van der Waals surface area contributed by atoms with Crippen molar-refractivity contribution in [2.24, 2.45) is 5.73 Å². The van der Waals surface area contributed by atoms with Crippen molar-refractivity contribution in [2.45, 2.75) is 19.9 Å². The third-order valence-electron chi connectivity index (χ3n) is 3.02. The van der Waals surface area contributed by atoms with Crippen molar-refractivity contribution in [3.63, 3.8) is 0 Å². The van der Waals surface area contributed by atoms with Gasteiger partial charge in [-0.3, -0.25) is 4.79 Å². The minimum atomic E-state index is -0.512. The fourth-order valence-electron chi connectivity index (χ4n) is 1.98. The summed E-state index contributed by atoms with van der Waals surface area (Å²) in [5.74, 6) is -0.384. The standard InChI is InChI=1S/C16H18N2O/c1-11-6-8-13(9-7-11)15(16(17)19)18-14-5-3-4-12(2)10-14/h3-10,15,18H,1-2H3,(H2,17,19). The minimum absolute atomic E-state index is 0.384. The summed E-state index contributed by atoms with van der Waals surface area (Å²) in [6, 6.07) is 15.2. The van der Waals surface area contributed by atoms with Crippen molar-refractivity contribution in [3.8, 4) is 0 Å². The van der Waals surface area contributed by atoms with Gasteiger partial charge in [-0.2, -0.15) is 0 Å². The van der Waals surface area contributed by atoms with Gasteiger partial charge in [0.05, 0.1) is 0 Å². The molecular weight excluding hydrogens is 236 g/mol. The van der Waals surface area contributed by atoms with Crippen molar-refractivity contribution in [1.29, 1.82) is 0 Å². The Morgan fingerprint density at radius 1 is 1.05 bits per heavy atom. The number of carbonyl (C=O) groups excluding carboxylic acids is 1. The van der Waals surface area contributed by atoms with Gasteiger partial charge in [0.25, 0.3) is 0 Å². The number of benzene rings is 2. The molecule has 1 atom stereocenters. The Hall–Kier alpha value is -2.29. The van der Waals surface area contributed by atoms with E-state index in [2.05, 4.69) is 5.32 Å². The zero-order valence-electron chi connectivity index (χ0n) is 11.2. The van der Waals surface area contributed by atoms with Crippen LogP contribution in [-0.4, -0.2) is 5.91 Å². The van der Waals surface area contributed by atoms with Crippen molar-refractivity contribution in [2.75, 3.05) is 5.32 Å². The van der Waals surface area contributed by atoms with Gasteiger partial charge in [-0.1, -0.05) is 42.0 Å². The lowest BCUT2D eigenvalue weighted by molar-refractivity contribution is -0.118. The predicted octanol–water partition coefficient (Wildman–Crippen LogP) is 2.94. The molecule has 0 fully saturated rings. The highest BCUT2D eigenvalue weighted by atomic mass is 16.1. The number of hydrogen-bond donors (Lipinski definition) is 2. The number of anilines is 1. The van der Waals surface area contributed by atoms with E-state index in [1.165, 1.54) is 0 Å². The third-order valence-corrected chi connectivity index (χ3v) is 3.02. The van der Waals surface area contributed by atoms with Crippen molar-refractivity contribution in [3.05, 3.63) is 65.2 Å². The molecule has 3 N–H and O–H groups in total. The number of nitrogens with two attached hydrogens (primary N) is 1. The van der Waals surface area contributed by atoms with Gasteiger partial charge in [-0.15, -0.1) is 0 Å². The average molecular weight is 254 g/mol. The summed E-state index contributed by atoms with van der Waals surface area (Å²) in [6.07, 6.45) is 0. The number of amides is 1. The molecule has 2 rings (SSSR count). The Labute approximate surface area is 113 Å². The lowest BCUT2D eigenvalue weighted by Crippen LogP contribution is -2.27. The lowest BCUT2D eigenvalue weighted by Gasteiger charge is -2.17. The van der Waals surface area contributed by atoms with Crippen molar-refractivity contribution < 1.29 is 4.79 Å². The molecule has 0 aromatic heterocycles. The first-order valence-electron chi connectivity index (χ1n) is 6.25. The Morgan fingerprint density at radius 2 is 1.74 bits per heavy atom. The summed E-state index contributed by atoms with van der Waals surface area (Å²) in [4.78, 5) is 11.6. The fraction of sp³-hybridized carbons (Fsp3) is 0.188. The Balaban J connectivity index is 2.26. The molecule has 0 aliphatic rings. The highest BCUT2D eigenvalue weighted by molar-refractivity contribution is 5.84. The molecule has 2 aromatic rings. The summed E-state index contributed by atoms with van der Waals surface area (Å²) < 4.78 is 0. The van der Waals surface area contributed by atoms with Gasteiger partial charge in [0.2, 0.25) is 5.91 Å². The monoisotopic (exact) mass is 254 g/mol. The number of primary amides is 1. The molecule has 98 valence electrons. The third kappa shape index (κ3) is 3.35. The lowest BCUT2D eigenvalue weighted by atomic mass is 10.0. The number of hydrogen-bond acceptors (Lipinski definition) is 2. The summed E-state index contributed by atoms with van der Waals surface area (Å²) in [6.45, 7) is 4.02. The smallest absolute Gasteiger partial charge is 0.244 e. The van der Waals surface area contributed by atoms with Crippen LogP contribution in [0.3, 0.4) is 0 Å². The average Bonchev–Trinajstić information content (AvgIpc) is 2.37. The van der Waals surface area contributed by atoms with E-state index in [1.54, 1.807) is 0 Å². The minimum Gasteiger partial charge on any atom is -0.370 e. The van der Waals surface area contributed by atoms with Crippen LogP contribution in [0.2, 0.25) is 0 Å².